The maximum Gasteiger partial charge on any atom is 0.136 e. The number of rotatable bonds is 4. The van der Waals surface area contributed by atoms with Crippen molar-refractivity contribution in [1.29, 1.82) is 0 Å². The van der Waals surface area contributed by atoms with Gasteiger partial charge in [0.05, 0.1) is 10.9 Å². The highest BCUT2D eigenvalue weighted by atomic mass is 35.5. The maximum absolute atomic E-state index is 6.00. The Balaban J connectivity index is 2.00. The Bertz CT molecular complexity index is 770. The molecular weight excluding hydrogens is 323 g/mol. The zero-order valence-electron chi connectivity index (χ0n) is 11.5. The van der Waals surface area contributed by atoms with Gasteiger partial charge in [-0.3, -0.25) is 0 Å². The zero-order valence-corrected chi connectivity index (χ0v) is 13.8. The van der Waals surface area contributed by atoms with Crippen LogP contribution in [-0.4, -0.2) is 12.0 Å². The smallest absolute Gasteiger partial charge is 0.136 e. The van der Waals surface area contributed by atoms with Crippen molar-refractivity contribution in [2.75, 3.05) is 11.9 Å². The highest BCUT2D eigenvalue weighted by Gasteiger charge is 2.11. The molecule has 0 radical (unpaired) electrons. The molecule has 0 aliphatic heterocycles. The van der Waals surface area contributed by atoms with Gasteiger partial charge in [-0.05, 0) is 23.1 Å². The first-order chi connectivity index (χ1) is 10.2. The van der Waals surface area contributed by atoms with Gasteiger partial charge in [-0.2, -0.15) is 0 Å². The Kier molecular flexibility index (Phi) is 4.34. The predicted molar refractivity (Wildman–Crippen MR) is 92.7 cm³/mol. The summed E-state index contributed by atoms with van der Waals surface area (Å²) in [6, 6.07) is 12.2. The fraction of sp³-hybridized carbons (Fsp3) is 0.188. The summed E-state index contributed by atoms with van der Waals surface area (Å²) in [5.74, 6) is 1.43. The Morgan fingerprint density at radius 2 is 1.90 bits per heavy atom. The van der Waals surface area contributed by atoms with Gasteiger partial charge in [-0.15, -0.1) is 22.9 Å². The lowest BCUT2D eigenvalue weighted by molar-refractivity contribution is 0.918. The van der Waals surface area contributed by atoms with Crippen LogP contribution in [0.2, 0.25) is 4.34 Å². The van der Waals surface area contributed by atoms with Crippen molar-refractivity contribution in [3.05, 3.63) is 57.4 Å². The third-order valence-electron chi connectivity index (χ3n) is 3.38. The summed E-state index contributed by atoms with van der Waals surface area (Å²) in [5.41, 5.74) is 1.06. The quantitative estimate of drug-likeness (QED) is 0.599. The van der Waals surface area contributed by atoms with E-state index in [4.69, 9.17) is 23.2 Å². The van der Waals surface area contributed by atoms with Crippen LogP contribution in [-0.2, 0) is 12.4 Å². The topological polar surface area (TPSA) is 16.1 Å². The third-order valence-corrected chi connectivity index (χ3v) is 4.89. The summed E-state index contributed by atoms with van der Waals surface area (Å²) in [6.45, 7) is 0.786. The Morgan fingerprint density at radius 3 is 2.57 bits per heavy atom. The molecule has 3 aromatic rings. The first kappa shape index (κ1) is 14.6. The third kappa shape index (κ3) is 3.00. The van der Waals surface area contributed by atoms with E-state index in [9.17, 15) is 0 Å². The molecule has 0 saturated heterocycles. The standard InChI is InChI=1S/C16H14Cl2N2S/c1-20(10-12-6-7-15(18)21-12)16-14-5-3-2-4-13(14)11(8-17)9-19-16/h2-7,9H,8,10H2,1H3. The van der Waals surface area contributed by atoms with Crippen molar-refractivity contribution in [3.8, 4) is 0 Å². The first-order valence-corrected chi connectivity index (χ1v) is 8.30. The van der Waals surface area contributed by atoms with E-state index in [-0.39, 0.29) is 0 Å². The van der Waals surface area contributed by atoms with Gasteiger partial charge in [-0.25, -0.2) is 4.98 Å². The number of aromatic nitrogens is 1. The molecule has 2 nitrogen and oxygen atoms in total. The molecule has 0 spiro atoms. The molecule has 108 valence electrons. The molecule has 0 N–H and O–H groups in total. The van der Waals surface area contributed by atoms with E-state index in [2.05, 4.69) is 28.1 Å². The van der Waals surface area contributed by atoms with Gasteiger partial charge in [0.15, 0.2) is 0 Å². The second-order valence-electron chi connectivity index (χ2n) is 4.85. The lowest BCUT2D eigenvalue weighted by Crippen LogP contribution is -2.17. The van der Waals surface area contributed by atoms with E-state index in [1.165, 1.54) is 4.88 Å². The number of fused-ring (bicyclic) bond motifs is 1. The van der Waals surface area contributed by atoms with Gasteiger partial charge < -0.3 is 4.90 Å². The second-order valence-corrected chi connectivity index (χ2v) is 6.92. The molecule has 3 rings (SSSR count). The van der Waals surface area contributed by atoms with Crippen molar-refractivity contribution >= 4 is 51.1 Å². The molecular formula is C16H14Cl2N2S. The van der Waals surface area contributed by atoms with Crippen molar-refractivity contribution in [1.82, 2.24) is 4.98 Å². The Labute approximate surface area is 137 Å². The number of hydrogen-bond acceptors (Lipinski definition) is 3. The normalized spacial score (nSPS) is 11.0. The van der Waals surface area contributed by atoms with E-state index in [0.29, 0.717) is 5.88 Å². The first-order valence-electron chi connectivity index (χ1n) is 6.57. The minimum atomic E-state index is 0.470. The fourth-order valence-electron chi connectivity index (χ4n) is 2.39. The second kappa shape index (κ2) is 6.22. The van der Waals surface area contributed by atoms with Crippen molar-refractivity contribution in [2.45, 2.75) is 12.4 Å². The molecule has 1 aromatic carbocycles. The molecule has 5 heteroatoms. The van der Waals surface area contributed by atoms with Gasteiger partial charge in [0.1, 0.15) is 5.82 Å². The molecule has 0 bridgehead atoms. The van der Waals surface area contributed by atoms with Crippen LogP contribution in [0.5, 0.6) is 0 Å². The van der Waals surface area contributed by atoms with Crippen molar-refractivity contribution < 1.29 is 0 Å². The zero-order chi connectivity index (χ0) is 14.8. The van der Waals surface area contributed by atoms with Crippen LogP contribution in [0.1, 0.15) is 10.4 Å². The van der Waals surface area contributed by atoms with E-state index in [0.717, 1.165) is 33.0 Å². The SMILES string of the molecule is CN(Cc1ccc(Cl)s1)c1ncc(CCl)c2ccccc12. The van der Waals surface area contributed by atoms with E-state index in [1.54, 1.807) is 11.3 Å². The summed E-state index contributed by atoms with van der Waals surface area (Å²) in [7, 11) is 2.04. The largest absolute Gasteiger partial charge is 0.354 e. The van der Waals surface area contributed by atoms with Crippen LogP contribution in [0.15, 0.2) is 42.6 Å². The summed E-state index contributed by atoms with van der Waals surface area (Å²) in [6.07, 6.45) is 1.86. The number of anilines is 1. The highest BCUT2D eigenvalue weighted by Crippen LogP contribution is 2.29. The number of hydrogen-bond donors (Lipinski definition) is 0. The summed E-state index contributed by atoms with van der Waals surface area (Å²) < 4.78 is 0.814. The van der Waals surface area contributed by atoms with E-state index >= 15 is 0 Å². The number of halogens is 2. The van der Waals surface area contributed by atoms with Crippen LogP contribution in [0.25, 0.3) is 10.8 Å². The maximum atomic E-state index is 6.00. The highest BCUT2D eigenvalue weighted by molar-refractivity contribution is 7.16. The van der Waals surface area contributed by atoms with Crippen LogP contribution in [0.3, 0.4) is 0 Å². The molecule has 0 unspecified atom stereocenters. The molecule has 0 amide bonds. The van der Waals surface area contributed by atoms with Gasteiger partial charge in [0, 0.05) is 29.4 Å². The molecule has 2 aromatic heterocycles. The average Bonchev–Trinajstić information content (AvgIpc) is 2.91. The predicted octanol–water partition coefficient (Wildman–Crippen LogP) is 5.32. The van der Waals surface area contributed by atoms with Crippen LogP contribution >= 0.6 is 34.5 Å². The Morgan fingerprint density at radius 1 is 1.14 bits per heavy atom. The van der Waals surface area contributed by atoms with Crippen LogP contribution < -0.4 is 4.90 Å². The summed E-state index contributed by atoms with van der Waals surface area (Å²) in [5, 5.41) is 2.29. The number of pyridine rings is 1. The minimum Gasteiger partial charge on any atom is -0.354 e. The molecule has 0 aliphatic carbocycles. The number of benzene rings is 1. The molecule has 0 aliphatic rings. The van der Waals surface area contributed by atoms with Gasteiger partial charge >= 0.3 is 0 Å². The van der Waals surface area contributed by atoms with Gasteiger partial charge in [0.25, 0.3) is 0 Å². The van der Waals surface area contributed by atoms with Crippen LogP contribution in [0.4, 0.5) is 5.82 Å². The lowest BCUT2D eigenvalue weighted by Gasteiger charge is -2.20. The van der Waals surface area contributed by atoms with Crippen LogP contribution in [0, 0.1) is 0 Å². The number of nitrogens with zero attached hydrogens (tertiary/aromatic N) is 2. The summed E-state index contributed by atoms with van der Waals surface area (Å²) in [4.78, 5) is 7.95. The Hall–Kier alpha value is -1.29. The lowest BCUT2D eigenvalue weighted by atomic mass is 10.1. The van der Waals surface area contributed by atoms with Crippen molar-refractivity contribution in [2.24, 2.45) is 0 Å². The number of thiophene rings is 1. The molecule has 0 atom stereocenters. The van der Waals surface area contributed by atoms with Gasteiger partial charge in [-0.1, -0.05) is 35.9 Å². The average molecular weight is 337 g/mol. The van der Waals surface area contributed by atoms with E-state index < -0.39 is 0 Å². The fourth-order valence-corrected chi connectivity index (χ4v) is 3.75. The molecule has 0 saturated carbocycles. The van der Waals surface area contributed by atoms with E-state index in [1.807, 2.05) is 31.4 Å². The minimum absolute atomic E-state index is 0.470. The monoisotopic (exact) mass is 336 g/mol. The van der Waals surface area contributed by atoms with Gasteiger partial charge in [0.2, 0.25) is 0 Å². The summed E-state index contributed by atoms with van der Waals surface area (Å²) >= 11 is 13.6. The molecule has 21 heavy (non-hydrogen) atoms. The molecule has 0 fully saturated rings. The molecule has 2 heterocycles. The van der Waals surface area contributed by atoms with Crippen molar-refractivity contribution in [3.63, 3.8) is 0 Å². The number of alkyl halides is 1.